The van der Waals surface area contributed by atoms with Gasteiger partial charge in [0.05, 0.1) is 7.11 Å². The fourth-order valence-electron chi connectivity index (χ4n) is 1.85. The molecule has 0 heterocycles. The van der Waals surface area contributed by atoms with Gasteiger partial charge in [0, 0.05) is 13.0 Å². The van der Waals surface area contributed by atoms with Gasteiger partial charge >= 0.3 is 11.9 Å². The van der Waals surface area contributed by atoms with Crippen LogP contribution in [0.1, 0.15) is 39.0 Å². The van der Waals surface area contributed by atoms with E-state index in [1.165, 1.54) is 0 Å². The van der Waals surface area contributed by atoms with Crippen LogP contribution in [0.2, 0.25) is 0 Å². The molecule has 2 N–H and O–H groups in total. The van der Waals surface area contributed by atoms with Crippen LogP contribution in [0.4, 0.5) is 0 Å². The Hall–Kier alpha value is -1.15. The average Bonchev–Trinajstić information content (AvgIpc) is 2.34. The molecule has 1 atom stereocenters. The highest BCUT2D eigenvalue weighted by Gasteiger charge is 2.17. The van der Waals surface area contributed by atoms with Gasteiger partial charge in [-0.15, -0.1) is 0 Å². The van der Waals surface area contributed by atoms with Crippen molar-refractivity contribution in [2.24, 2.45) is 5.92 Å². The molecule has 0 bridgehead atoms. The smallest absolute Gasteiger partial charge is 0.322 e. The van der Waals surface area contributed by atoms with Gasteiger partial charge in [0.15, 0.2) is 5.75 Å². The van der Waals surface area contributed by atoms with Crippen molar-refractivity contribution in [1.82, 2.24) is 4.72 Å². The molecule has 0 rings (SSSR count). The number of hydrogen-bond acceptors (Lipinski definition) is 5. The van der Waals surface area contributed by atoms with E-state index in [1.807, 2.05) is 6.92 Å². The third kappa shape index (κ3) is 9.74. The molecule has 0 aromatic carbocycles. The standard InChI is InChI=1S/C12H23NO6S/c1-3-4-10(5-6-11(14)15)7-8-13-20(17,18)9-12(16)19-2/h10,13H,3-9H2,1-2H3,(H,14,15). The number of carboxylic acid groups (broad SMARTS) is 1. The predicted molar refractivity (Wildman–Crippen MR) is 73.7 cm³/mol. The number of aliphatic carboxylic acids is 1. The first-order valence-corrected chi connectivity index (χ1v) is 8.22. The number of hydrogen-bond donors (Lipinski definition) is 2. The highest BCUT2D eigenvalue weighted by molar-refractivity contribution is 7.90. The lowest BCUT2D eigenvalue weighted by Gasteiger charge is -2.15. The molecule has 0 radical (unpaired) electrons. The molecule has 0 aliphatic carbocycles. The second-order valence-electron chi connectivity index (χ2n) is 4.61. The first-order chi connectivity index (χ1) is 9.30. The molecule has 0 fully saturated rings. The number of methoxy groups -OCH3 is 1. The Labute approximate surface area is 119 Å². The number of ether oxygens (including phenoxy) is 1. The van der Waals surface area contributed by atoms with Crippen LogP contribution in [0.15, 0.2) is 0 Å². The number of sulfonamides is 1. The van der Waals surface area contributed by atoms with Crippen LogP contribution in [0.25, 0.3) is 0 Å². The van der Waals surface area contributed by atoms with E-state index >= 15 is 0 Å². The normalized spacial score (nSPS) is 12.9. The van der Waals surface area contributed by atoms with E-state index in [2.05, 4.69) is 9.46 Å². The van der Waals surface area contributed by atoms with Gasteiger partial charge in [-0.2, -0.15) is 0 Å². The molecule has 20 heavy (non-hydrogen) atoms. The summed E-state index contributed by atoms with van der Waals surface area (Å²) in [5.74, 6) is -2.19. The fraction of sp³-hybridized carbons (Fsp3) is 0.833. The SMILES string of the molecule is CCCC(CCNS(=O)(=O)CC(=O)OC)CCC(=O)O. The fourth-order valence-corrected chi connectivity index (χ4v) is 2.81. The van der Waals surface area contributed by atoms with E-state index in [1.54, 1.807) is 0 Å². The van der Waals surface area contributed by atoms with Gasteiger partial charge < -0.3 is 9.84 Å². The van der Waals surface area contributed by atoms with E-state index in [-0.39, 0.29) is 18.9 Å². The number of nitrogens with one attached hydrogen (secondary N) is 1. The van der Waals surface area contributed by atoms with Crippen molar-refractivity contribution in [1.29, 1.82) is 0 Å². The van der Waals surface area contributed by atoms with Crippen LogP contribution in [0, 0.1) is 5.92 Å². The number of esters is 1. The van der Waals surface area contributed by atoms with Crippen LogP contribution in [0.5, 0.6) is 0 Å². The zero-order valence-electron chi connectivity index (χ0n) is 11.9. The molecule has 7 nitrogen and oxygen atoms in total. The van der Waals surface area contributed by atoms with Gasteiger partial charge in [-0.25, -0.2) is 13.1 Å². The van der Waals surface area contributed by atoms with Crippen molar-refractivity contribution in [3.05, 3.63) is 0 Å². The lowest BCUT2D eigenvalue weighted by molar-refractivity contribution is -0.138. The van der Waals surface area contributed by atoms with Crippen molar-refractivity contribution in [2.75, 3.05) is 19.4 Å². The average molecular weight is 309 g/mol. The summed E-state index contributed by atoms with van der Waals surface area (Å²) >= 11 is 0. The highest BCUT2D eigenvalue weighted by atomic mass is 32.2. The Bertz CT molecular complexity index is 406. The van der Waals surface area contributed by atoms with Gasteiger partial charge in [0.25, 0.3) is 0 Å². The third-order valence-corrected chi connectivity index (χ3v) is 4.13. The zero-order valence-corrected chi connectivity index (χ0v) is 12.7. The molecule has 0 aromatic heterocycles. The van der Waals surface area contributed by atoms with Crippen LogP contribution < -0.4 is 4.72 Å². The van der Waals surface area contributed by atoms with Crippen molar-refractivity contribution in [3.63, 3.8) is 0 Å². The first-order valence-electron chi connectivity index (χ1n) is 6.56. The summed E-state index contributed by atoms with van der Waals surface area (Å²) in [7, 11) is -2.55. The molecule has 8 heteroatoms. The maximum Gasteiger partial charge on any atom is 0.322 e. The van der Waals surface area contributed by atoms with Gasteiger partial charge in [-0.1, -0.05) is 19.8 Å². The molecule has 0 spiro atoms. The summed E-state index contributed by atoms with van der Waals surface area (Å²) in [6.07, 6.45) is 2.94. The van der Waals surface area contributed by atoms with Crippen LogP contribution in [-0.2, 0) is 24.3 Å². The van der Waals surface area contributed by atoms with E-state index in [9.17, 15) is 18.0 Å². The van der Waals surface area contributed by atoms with Gasteiger partial charge in [-0.3, -0.25) is 9.59 Å². The Balaban J connectivity index is 4.15. The molecule has 118 valence electrons. The molecular weight excluding hydrogens is 286 g/mol. The summed E-state index contributed by atoms with van der Waals surface area (Å²) in [4.78, 5) is 21.4. The molecule has 0 aliphatic rings. The summed E-state index contributed by atoms with van der Waals surface area (Å²) in [6.45, 7) is 2.19. The van der Waals surface area contributed by atoms with Crippen molar-refractivity contribution in [2.45, 2.75) is 39.0 Å². The quantitative estimate of drug-likeness (QED) is 0.545. The van der Waals surface area contributed by atoms with Crippen LogP contribution in [-0.4, -0.2) is 44.9 Å². The Morgan fingerprint density at radius 1 is 1.25 bits per heavy atom. The van der Waals surface area contributed by atoms with Crippen molar-refractivity contribution >= 4 is 22.0 Å². The molecule has 0 aromatic rings. The minimum Gasteiger partial charge on any atom is -0.481 e. The molecular formula is C12H23NO6S. The molecule has 0 saturated heterocycles. The van der Waals surface area contributed by atoms with Crippen LogP contribution in [0.3, 0.4) is 0 Å². The maximum absolute atomic E-state index is 11.5. The van der Waals surface area contributed by atoms with Gasteiger partial charge in [-0.05, 0) is 18.8 Å². The largest absolute Gasteiger partial charge is 0.481 e. The minimum atomic E-state index is -3.68. The second-order valence-corrected chi connectivity index (χ2v) is 6.41. The summed E-state index contributed by atoms with van der Waals surface area (Å²) in [5.41, 5.74) is 0. The second kappa shape index (κ2) is 9.71. The number of carboxylic acids is 1. The lowest BCUT2D eigenvalue weighted by Crippen LogP contribution is -2.32. The topological polar surface area (TPSA) is 110 Å². The highest BCUT2D eigenvalue weighted by Crippen LogP contribution is 2.17. The van der Waals surface area contributed by atoms with Crippen LogP contribution >= 0.6 is 0 Å². The summed E-state index contributed by atoms with van der Waals surface area (Å²) < 4.78 is 29.6. The minimum absolute atomic E-state index is 0.0829. The monoisotopic (exact) mass is 309 g/mol. The Morgan fingerprint density at radius 3 is 2.40 bits per heavy atom. The summed E-state index contributed by atoms with van der Waals surface area (Å²) in [6, 6.07) is 0. The van der Waals surface area contributed by atoms with E-state index in [0.29, 0.717) is 12.8 Å². The van der Waals surface area contributed by atoms with Crippen molar-refractivity contribution < 1.29 is 27.9 Å². The molecule has 0 aliphatic heterocycles. The summed E-state index contributed by atoms with van der Waals surface area (Å²) in [5, 5.41) is 8.65. The maximum atomic E-state index is 11.5. The van der Waals surface area contributed by atoms with Crippen molar-refractivity contribution in [3.8, 4) is 0 Å². The van der Waals surface area contributed by atoms with Gasteiger partial charge in [0.2, 0.25) is 10.0 Å². The molecule has 1 unspecified atom stereocenters. The third-order valence-electron chi connectivity index (χ3n) is 2.87. The Kier molecular flexibility index (Phi) is 9.15. The van der Waals surface area contributed by atoms with E-state index < -0.39 is 27.7 Å². The van der Waals surface area contributed by atoms with E-state index in [4.69, 9.17) is 5.11 Å². The molecule has 0 amide bonds. The van der Waals surface area contributed by atoms with E-state index in [0.717, 1.165) is 20.0 Å². The number of carbonyl (C=O) groups is 2. The van der Waals surface area contributed by atoms with Gasteiger partial charge in [0.1, 0.15) is 0 Å². The lowest BCUT2D eigenvalue weighted by atomic mass is 9.95. The zero-order chi connectivity index (χ0) is 15.6. The Morgan fingerprint density at radius 2 is 1.90 bits per heavy atom. The predicted octanol–water partition coefficient (Wildman–Crippen LogP) is 0.750. The molecule has 0 saturated carbocycles. The number of carbonyl (C=O) groups excluding carboxylic acids is 1. The number of rotatable bonds is 11. The first kappa shape index (κ1) is 18.9.